The summed E-state index contributed by atoms with van der Waals surface area (Å²) in [5.41, 5.74) is 0.411. The van der Waals surface area contributed by atoms with E-state index >= 15 is 0 Å². The smallest absolute Gasteiger partial charge is 0.264 e. The summed E-state index contributed by atoms with van der Waals surface area (Å²) in [7, 11) is -4.30. The zero-order valence-corrected chi connectivity index (χ0v) is 25.8. The SMILES string of the molecule is C=C[C@@H]1C[C@]1(NC(=O)C1CN(C(C)=O)C[C@H]1Cc1ccc(Cl)cc1)C(=O)NS(=O)(=O)c1cccc(OCc2ccccc2)c1. The maximum atomic E-state index is 13.7. The Morgan fingerprint density at radius 3 is 2.41 bits per heavy atom. The van der Waals surface area contributed by atoms with E-state index in [9.17, 15) is 22.8 Å². The molecule has 0 spiro atoms. The Morgan fingerprint density at radius 2 is 1.75 bits per heavy atom. The average molecular weight is 636 g/mol. The molecule has 44 heavy (non-hydrogen) atoms. The lowest BCUT2D eigenvalue weighted by Gasteiger charge is -2.23. The highest BCUT2D eigenvalue weighted by molar-refractivity contribution is 7.90. The van der Waals surface area contributed by atoms with Gasteiger partial charge < -0.3 is 15.0 Å². The number of carbonyl (C=O) groups is 3. The van der Waals surface area contributed by atoms with Gasteiger partial charge in [0.25, 0.3) is 15.9 Å². The van der Waals surface area contributed by atoms with Crippen molar-refractivity contribution in [3.05, 3.63) is 108 Å². The van der Waals surface area contributed by atoms with Crippen molar-refractivity contribution in [2.75, 3.05) is 13.1 Å². The Morgan fingerprint density at radius 1 is 1.02 bits per heavy atom. The predicted octanol–water partition coefficient (Wildman–Crippen LogP) is 4.12. The molecule has 5 rings (SSSR count). The van der Waals surface area contributed by atoms with Crippen LogP contribution in [-0.2, 0) is 37.4 Å². The van der Waals surface area contributed by atoms with E-state index in [4.69, 9.17) is 16.3 Å². The van der Waals surface area contributed by atoms with Crippen LogP contribution in [0.2, 0.25) is 5.02 Å². The van der Waals surface area contributed by atoms with Gasteiger partial charge in [-0.15, -0.1) is 6.58 Å². The number of sulfonamides is 1. The number of ether oxygens (including phenoxy) is 1. The summed E-state index contributed by atoms with van der Waals surface area (Å²) in [5.74, 6) is -2.34. The number of hydrogen-bond donors (Lipinski definition) is 2. The lowest BCUT2D eigenvalue weighted by molar-refractivity contribution is -0.132. The molecule has 2 fully saturated rings. The molecule has 1 aliphatic carbocycles. The van der Waals surface area contributed by atoms with Gasteiger partial charge in [-0.2, -0.15) is 0 Å². The van der Waals surface area contributed by atoms with Gasteiger partial charge in [0.1, 0.15) is 17.9 Å². The van der Waals surface area contributed by atoms with Crippen LogP contribution in [0.25, 0.3) is 0 Å². The van der Waals surface area contributed by atoms with Crippen molar-refractivity contribution in [3.63, 3.8) is 0 Å². The van der Waals surface area contributed by atoms with E-state index in [-0.39, 0.29) is 36.3 Å². The van der Waals surface area contributed by atoms with Crippen molar-refractivity contribution >= 4 is 39.3 Å². The van der Waals surface area contributed by atoms with Gasteiger partial charge in [0.2, 0.25) is 11.8 Å². The normalized spacial score (nSPS) is 22.6. The van der Waals surface area contributed by atoms with E-state index in [0.717, 1.165) is 11.1 Å². The molecule has 1 saturated carbocycles. The van der Waals surface area contributed by atoms with E-state index in [1.54, 1.807) is 23.1 Å². The first-order valence-corrected chi connectivity index (χ1v) is 16.2. The van der Waals surface area contributed by atoms with Gasteiger partial charge in [0, 0.05) is 37.0 Å². The number of benzene rings is 3. The molecule has 1 aliphatic heterocycles. The van der Waals surface area contributed by atoms with Crippen LogP contribution in [-0.4, -0.2) is 49.7 Å². The summed E-state index contributed by atoms with van der Waals surface area (Å²) in [6.45, 7) is 6.05. The van der Waals surface area contributed by atoms with Crippen LogP contribution in [0.4, 0.5) is 0 Å². The summed E-state index contributed by atoms with van der Waals surface area (Å²) >= 11 is 6.03. The van der Waals surface area contributed by atoms with Crippen LogP contribution in [0, 0.1) is 17.8 Å². The molecule has 230 valence electrons. The quantitative estimate of drug-likeness (QED) is 0.306. The molecular weight excluding hydrogens is 602 g/mol. The maximum absolute atomic E-state index is 13.7. The summed E-state index contributed by atoms with van der Waals surface area (Å²) in [5, 5.41) is 3.44. The molecule has 3 amide bonds. The fourth-order valence-corrected chi connectivity index (χ4v) is 6.85. The predicted molar refractivity (Wildman–Crippen MR) is 166 cm³/mol. The lowest BCUT2D eigenvalue weighted by atomic mass is 9.88. The second-order valence-electron chi connectivity index (χ2n) is 11.3. The Labute approximate surface area is 262 Å². The first-order chi connectivity index (χ1) is 21.0. The highest BCUT2D eigenvalue weighted by Crippen LogP contribution is 2.45. The monoisotopic (exact) mass is 635 g/mol. The Hall–Kier alpha value is -4.15. The van der Waals surface area contributed by atoms with Crippen molar-refractivity contribution in [2.24, 2.45) is 17.8 Å². The molecule has 0 aromatic heterocycles. The van der Waals surface area contributed by atoms with Gasteiger partial charge in [-0.3, -0.25) is 14.4 Å². The molecule has 0 radical (unpaired) electrons. The van der Waals surface area contributed by atoms with Crippen LogP contribution >= 0.6 is 11.6 Å². The first-order valence-electron chi connectivity index (χ1n) is 14.3. The molecule has 3 aromatic carbocycles. The van der Waals surface area contributed by atoms with Crippen molar-refractivity contribution in [1.29, 1.82) is 0 Å². The van der Waals surface area contributed by atoms with Gasteiger partial charge in [-0.05, 0) is 54.2 Å². The van der Waals surface area contributed by atoms with Crippen LogP contribution in [0.3, 0.4) is 0 Å². The molecule has 3 aromatic rings. The van der Waals surface area contributed by atoms with Crippen LogP contribution in [0.15, 0.2) is 96.4 Å². The number of likely N-dealkylation sites (tertiary alicyclic amines) is 1. The van der Waals surface area contributed by atoms with Crippen molar-refractivity contribution in [3.8, 4) is 5.75 Å². The van der Waals surface area contributed by atoms with E-state index in [0.29, 0.717) is 23.7 Å². The summed E-state index contributed by atoms with van der Waals surface area (Å²) in [6, 6.07) is 22.6. The van der Waals surface area contributed by atoms with Gasteiger partial charge >= 0.3 is 0 Å². The molecule has 9 nitrogen and oxygen atoms in total. The standard InChI is InChI=1S/C33H34ClN3O6S/c1-3-26-18-33(26,35-31(39)30-20-37(22(2)38)19-25(30)16-23-12-14-27(34)15-13-23)32(40)36-44(41,42)29-11-7-10-28(17-29)43-21-24-8-5-4-6-9-24/h3-15,17,25-26,30H,1,16,18-21H2,2H3,(H,35,39)(H,36,40)/t25-,26-,30?,33-/m1/s1. The van der Waals surface area contributed by atoms with Gasteiger partial charge in [-0.25, -0.2) is 13.1 Å². The van der Waals surface area contributed by atoms with Crippen molar-refractivity contribution < 1.29 is 27.5 Å². The molecule has 2 N–H and O–H groups in total. The number of nitrogens with one attached hydrogen (secondary N) is 2. The van der Waals surface area contributed by atoms with Crippen LogP contribution < -0.4 is 14.8 Å². The molecule has 11 heteroatoms. The number of rotatable bonds is 11. The summed E-state index contributed by atoms with van der Waals surface area (Å²) in [4.78, 5) is 40.9. The minimum absolute atomic E-state index is 0.148. The van der Waals surface area contributed by atoms with Gasteiger partial charge in [0.15, 0.2) is 0 Å². The third-order valence-corrected chi connectivity index (χ3v) is 9.86. The zero-order valence-electron chi connectivity index (χ0n) is 24.2. The first kappa shape index (κ1) is 31.3. The average Bonchev–Trinajstić information content (AvgIpc) is 3.56. The zero-order chi connectivity index (χ0) is 31.5. The van der Waals surface area contributed by atoms with Gasteiger partial charge in [-0.1, -0.05) is 66.2 Å². The summed E-state index contributed by atoms with van der Waals surface area (Å²) in [6.07, 6.45) is 2.27. The fourth-order valence-electron chi connectivity index (χ4n) is 5.65. The third-order valence-electron chi connectivity index (χ3n) is 8.28. The molecule has 1 saturated heterocycles. The number of amides is 3. The van der Waals surface area contributed by atoms with Crippen molar-refractivity contribution in [1.82, 2.24) is 14.9 Å². The van der Waals surface area contributed by atoms with E-state index in [1.165, 1.54) is 31.2 Å². The molecule has 2 aliphatic rings. The fraction of sp³-hybridized carbons (Fsp3) is 0.303. The lowest BCUT2D eigenvalue weighted by Crippen LogP contribution is -2.54. The van der Waals surface area contributed by atoms with Crippen LogP contribution in [0.1, 0.15) is 24.5 Å². The third kappa shape index (κ3) is 6.97. The second kappa shape index (κ2) is 12.8. The largest absolute Gasteiger partial charge is 0.489 e. The Balaban J connectivity index is 1.29. The molecule has 0 bridgehead atoms. The number of halogens is 1. The van der Waals surface area contributed by atoms with E-state index in [1.807, 2.05) is 42.5 Å². The number of carbonyl (C=O) groups excluding carboxylic acids is 3. The molecule has 1 unspecified atom stereocenters. The topological polar surface area (TPSA) is 122 Å². The minimum atomic E-state index is -4.30. The number of nitrogens with zero attached hydrogens (tertiary/aromatic N) is 1. The van der Waals surface area contributed by atoms with E-state index < -0.39 is 39.2 Å². The maximum Gasteiger partial charge on any atom is 0.264 e. The second-order valence-corrected chi connectivity index (χ2v) is 13.4. The van der Waals surface area contributed by atoms with Crippen molar-refractivity contribution in [2.45, 2.75) is 36.8 Å². The van der Waals surface area contributed by atoms with Crippen LogP contribution in [0.5, 0.6) is 5.75 Å². The molecule has 4 atom stereocenters. The highest BCUT2D eigenvalue weighted by Gasteiger charge is 2.61. The number of hydrogen-bond acceptors (Lipinski definition) is 6. The van der Waals surface area contributed by atoms with E-state index in [2.05, 4.69) is 16.6 Å². The Bertz CT molecular complexity index is 1660. The van der Waals surface area contributed by atoms with Gasteiger partial charge in [0.05, 0.1) is 10.8 Å². The summed E-state index contributed by atoms with van der Waals surface area (Å²) < 4.78 is 34.5. The molecular formula is C33H34ClN3O6S. The molecule has 1 heterocycles. The minimum Gasteiger partial charge on any atom is -0.489 e. The Kier molecular flexibility index (Phi) is 9.12. The highest BCUT2D eigenvalue weighted by atomic mass is 35.5.